The van der Waals surface area contributed by atoms with Crippen LogP contribution in [-0.2, 0) is 28.6 Å². The molecule has 1 amide bonds. The van der Waals surface area contributed by atoms with Crippen molar-refractivity contribution in [2.75, 3.05) is 6.61 Å². The molecule has 0 aliphatic carbocycles. The first kappa shape index (κ1) is 23.9. The minimum atomic E-state index is -1.72. The molecule has 8 heteroatoms. The molecule has 0 aromatic carbocycles. The van der Waals surface area contributed by atoms with Crippen molar-refractivity contribution >= 4 is 23.8 Å². The molecule has 150 valence electrons. The Kier molecular flexibility index (Phi) is 8.76. The molecule has 2 unspecified atom stereocenters. The number of carbonyl (C=O) groups is 4. The first-order chi connectivity index (χ1) is 11.7. The van der Waals surface area contributed by atoms with Gasteiger partial charge in [0.15, 0.2) is 0 Å². The van der Waals surface area contributed by atoms with Gasteiger partial charge in [-0.3, -0.25) is 14.4 Å². The first-order valence-electron chi connectivity index (χ1n) is 8.53. The van der Waals surface area contributed by atoms with Crippen molar-refractivity contribution in [2.24, 2.45) is 5.92 Å². The first-order valence-corrected chi connectivity index (χ1v) is 8.53. The molecule has 0 aliphatic heterocycles. The lowest BCUT2D eigenvalue weighted by Crippen LogP contribution is -2.55. The van der Waals surface area contributed by atoms with Crippen molar-refractivity contribution in [3.63, 3.8) is 0 Å². The summed E-state index contributed by atoms with van der Waals surface area (Å²) in [7, 11) is 0. The summed E-state index contributed by atoms with van der Waals surface area (Å²) in [6, 6.07) is -0.968. The van der Waals surface area contributed by atoms with Gasteiger partial charge in [-0.1, -0.05) is 13.8 Å². The van der Waals surface area contributed by atoms with Gasteiger partial charge < -0.3 is 19.5 Å². The van der Waals surface area contributed by atoms with Gasteiger partial charge in [-0.05, 0) is 40.0 Å². The van der Waals surface area contributed by atoms with Gasteiger partial charge >= 0.3 is 18.0 Å². The third-order valence-electron chi connectivity index (χ3n) is 3.16. The van der Waals surface area contributed by atoms with Gasteiger partial charge in [0.1, 0.15) is 12.2 Å². The van der Waals surface area contributed by atoms with E-state index in [-0.39, 0.29) is 5.92 Å². The van der Waals surface area contributed by atoms with Crippen LogP contribution < -0.4 is 5.32 Å². The van der Waals surface area contributed by atoms with E-state index in [9.17, 15) is 19.2 Å². The summed E-state index contributed by atoms with van der Waals surface area (Å²) in [5.41, 5.74) is -2.45. The number of carbonyl (C=O) groups excluding carboxylic acids is 4. The lowest BCUT2D eigenvalue weighted by molar-refractivity contribution is -0.175. The highest BCUT2D eigenvalue weighted by atomic mass is 16.6. The maximum absolute atomic E-state index is 13.0. The fourth-order valence-electron chi connectivity index (χ4n) is 2.23. The van der Waals surface area contributed by atoms with Crippen LogP contribution in [0, 0.1) is 5.92 Å². The van der Waals surface area contributed by atoms with Crippen molar-refractivity contribution in [2.45, 2.75) is 79.1 Å². The Bertz CT molecular complexity index is 536. The summed E-state index contributed by atoms with van der Waals surface area (Å²) in [6.07, 6.45) is -0.455. The number of hydrogen-bond donors (Lipinski definition) is 1. The fourth-order valence-corrected chi connectivity index (χ4v) is 2.23. The Morgan fingerprint density at radius 1 is 0.923 bits per heavy atom. The van der Waals surface area contributed by atoms with Gasteiger partial charge in [0.05, 0.1) is 6.04 Å². The molecule has 2 atom stereocenters. The molecule has 0 saturated heterocycles. The van der Waals surface area contributed by atoms with E-state index in [1.165, 1.54) is 13.8 Å². The molecule has 0 rings (SSSR count). The third-order valence-corrected chi connectivity index (χ3v) is 3.16. The molecule has 0 aromatic rings. The van der Waals surface area contributed by atoms with E-state index in [1.807, 2.05) is 13.8 Å². The van der Waals surface area contributed by atoms with Crippen LogP contribution in [0.5, 0.6) is 0 Å². The summed E-state index contributed by atoms with van der Waals surface area (Å²) >= 11 is 0. The molecule has 1 N–H and O–H groups in total. The maximum Gasteiger partial charge on any atom is 0.408 e. The minimum Gasteiger partial charge on any atom is -0.461 e. The molecular formula is C18H31NO7. The lowest BCUT2D eigenvalue weighted by atomic mass is 9.90. The molecule has 0 aromatic heterocycles. The number of rotatable bonds is 8. The number of hydrogen-bond acceptors (Lipinski definition) is 7. The van der Waals surface area contributed by atoms with Crippen LogP contribution in [0.1, 0.15) is 61.8 Å². The topological polar surface area (TPSA) is 108 Å². The maximum atomic E-state index is 13.0. The SMILES string of the molecule is CC(=O)OCC(C)(OC(C)=O)C(=O)C(CC(C)C)NC(=O)OC(C)(C)C. The Morgan fingerprint density at radius 2 is 1.46 bits per heavy atom. The van der Waals surface area contributed by atoms with E-state index < -0.39 is 47.7 Å². The summed E-state index contributed by atoms with van der Waals surface area (Å²) in [5, 5.41) is 2.53. The van der Waals surface area contributed by atoms with Crippen molar-refractivity contribution in [1.29, 1.82) is 0 Å². The zero-order valence-corrected chi connectivity index (χ0v) is 16.9. The lowest BCUT2D eigenvalue weighted by Gasteiger charge is -2.32. The molecular weight excluding hydrogens is 342 g/mol. The zero-order chi connectivity index (χ0) is 20.7. The number of alkyl carbamates (subject to hydrolysis) is 1. The van der Waals surface area contributed by atoms with Crippen LogP contribution in [0.4, 0.5) is 4.79 Å². The number of ether oxygens (including phenoxy) is 3. The Labute approximate surface area is 154 Å². The Morgan fingerprint density at radius 3 is 1.85 bits per heavy atom. The Balaban J connectivity index is 5.50. The van der Waals surface area contributed by atoms with Crippen molar-refractivity contribution in [3.8, 4) is 0 Å². The number of nitrogens with one attached hydrogen (secondary N) is 1. The van der Waals surface area contributed by atoms with Crippen molar-refractivity contribution in [1.82, 2.24) is 5.32 Å². The molecule has 26 heavy (non-hydrogen) atoms. The predicted molar refractivity (Wildman–Crippen MR) is 94.4 cm³/mol. The highest BCUT2D eigenvalue weighted by Gasteiger charge is 2.43. The number of amides is 1. The van der Waals surface area contributed by atoms with E-state index in [4.69, 9.17) is 14.2 Å². The van der Waals surface area contributed by atoms with Crippen LogP contribution in [0.3, 0.4) is 0 Å². The summed E-state index contributed by atoms with van der Waals surface area (Å²) in [4.78, 5) is 47.7. The second-order valence-electron chi connectivity index (χ2n) is 7.80. The number of Topliss-reactive ketones (excluding diaryl/α,β-unsaturated/α-hetero) is 1. The fraction of sp³-hybridized carbons (Fsp3) is 0.778. The molecule has 8 nitrogen and oxygen atoms in total. The van der Waals surface area contributed by atoms with E-state index in [1.54, 1.807) is 20.8 Å². The molecule has 0 saturated carbocycles. The summed E-state index contributed by atoms with van der Waals surface area (Å²) < 4.78 is 15.2. The quantitative estimate of drug-likeness (QED) is 0.514. The zero-order valence-electron chi connectivity index (χ0n) is 16.9. The van der Waals surface area contributed by atoms with Gasteiger partial charge in [0, 0.05) is 13.8 Å². The molecule has 0 spiro atoms. The van der Waals surface area contributed by atoms with Crippen LogP contribution in [0.25, 0.3) is 0 Å². The second-order valence-corrected chi connectivity index (χ2v) is 7.80. The van der Waals surface area contributed by atoms with Gasteiger partial charge in [-0.2, -0.15) is 0 Å². The second kappa shape index (κ2) is 9.54. The van der Waals surface area contributed by atoms with E-state index in [0.717, 1.165) is 6.92 Å². The number of esters is 2. The summed E-state index contributed by atoms with van der Waals surface area (Å²) in [5.74, 6) is -1.83. The molecule has 0 fully saturated rings. The van der Waals surface area contributed by atoms with Gasteiger partial charge in [0.25, 0.3) is 0 Å². The molecule has 0 bridgehead atoms. The van der Waals surface area contributed by atoms with Crippen LogP contribution >= 0.6 is 0 Å². The van der Waals surface area contributed by atoms with Crippen LogP contribution in [-0.4, -0.2) is 47.7 Å². The van der Waals surface area contributed by atoms with E-state index >= 15 is 0 Å². The molecule has 0 radical (unpaired) electrons. The number of ketones is 1. The van der Waals surface area contributed by atoms with Crippen molar-refractivity contribution < 1.29 is 33.4 Å². The third kappa shape index (κ3) is 9.39. The van der Waals surface area contributed by atoms with E-state index in [0.29, 0.717) is 6.42 Å². The largest absolute Gasteiger partial charge is 0.461 e. The van der Waals surface area contributed by atoms with Gasteiger partial charge in [-0.25, -0.2) is 4.79 Å². The average Bonchev–Trinajstić information content (AvgIpc) is 2.40. The smallest absolute Gasteiger partial charge is 0.408 e. The summed E-state index contributed by atoms with van der Waals surface area (Å²) in [6.45, 7) is 12.1. The highest BCUT2D eigenvalue weighted by Crippen LogP contribution is 2.20. The monoisotopic (exact) mass is 373 g/mol. The Hall–Kier alpha value is -2.12. The van der Waals surface area contributed by atoms with Gasteiger partial charge in [0.2, 0.25) is 11.4 Å². The van der Waals surface area contributed by atoms with Gasteiger partial charge in [-0.15, -0.1) is 0 Å². The van der Waals surface area contributed by atoms with Crippen LogP contribution in [0.2, 0.25) is 0 Å². The standard InChI is InChI=1S/C18H31NO7/c1-11(2)9-14(19-16(23)26-17(5,6)7)15(22)18(8,25-13(4)21)10-24-12(3)20/h11,14H,9-10H2,1-8H3,(H,19,23). The molecule has 0 aliphatic rings. The highest BCUT2D eigenvalue weighted by molar-refractivity contribution is 5.95. The van der Waals surface area contributed by atoms with E-state index in [2.05, 4.69) is 5.32 Å². The van der Waals surface area contributed by atoms with Crippen molar-refractivity contribution in [3.05, 3.63) is 0 Å². The average molecular weight is 373 g/mol. The normalized spacial score (nSPS) is 14.8. The van der Waals surface area contributed by atoms with Crippen LogP contribution in [0.15, 0.2) is 0 Å². The minimum absolute atomic E-state index is 0.0641. The predicted octanol–water partition coefficient (Wildman–Crippen LogP) is 2.38. The molecule has 0 heterocycles.